The van der Waals surface area contributed by atoms with Crippen LogP contribution in [0, 0.1) is 0 Å². The molecule has 1 aromatic rings. The lowest BCUT2D eigenvalue weighted by Gasteiger charge is -2.34. The van der Waals surface area contributed by atoms with E-state index in [1.165, 1.54) is 10.6 Å². The zero-order valence-electron chi connectivity index (χ0n) is 10.4. The van der Waals surface area contributed by atoms with Gasteiger partial charge in [-0.25, -0.2) is 13.4 Å². The molecular weight excluding hydrogens is 252 g/mol. The van der Waals surface area contributed by atoms with Gasteiger partial charge in [0.1, 0.15) is 5.82 Å². The molecular formula is C11H18N4O2S. The number of sulfonamides is 1. The molecule has 100 valence electrons. The molecule has 0 amide bonds. The molecule has 0 aliphatic carbocycles. The van der Waals surface area contributed by atoms with Crippen LogP contribution in [-0.4, -0.2) is 50.1 Å². The average molecular weight is 270 g/mol. The Kier molecular flexibility index (Phi) is 3.84. The zero-order chi connectivity index (χ0) is 13.2. The molecule has 0 radical (unpaired) electrons. The van der Waals surface area contributed by atoms with Crippen molar-refractivity contribution in [2.75, 3.05) is 37.3 Å². The number of piperazine rings is 1. The molecule has 0 unspecified atom stereocenters. The van der Waals surface area contributed by atoms with Crippen molar-refractivity contribution in [2.24, 2.45) is 5.73 Å². The van der Waals surface area contributed by atoms with Crippen molar-refractivity contribution in [2.45, 2.75) is 6.54 Å². The number of nitrogens with zero attached hydrogens (tertiary/aromatic N) is 3. The van der Waals surface area contributed by atoms with Crippen LogP contribution in [-0.2, 0) is 16.6 Å². The SMILES string of the molecule is CS(=O)(=O)N1CCN(c2cccc(CN)n2)CC1. The summed E-state index contributed by atoms with van der Waals surface area (Å²) in [6.07, 6.45) is 1.25. The molecule has 0 spiro atoms. The van der Waals surface area contributed by atoms with E-state index in [0.717, 1.165) is 11.5 Å². The second-order valence-electron chi connectivity index (χ2n) is 4.34. The lowest BCUT2D eigenvalue weighted by molar-refractivity contribution is 0.387. The minimum Gasteiger partial charge on any atom is -0.354 e. The Balaban J connectivity index is 2.05. The van der Waals surface area contributed by atoms with Crippen molar-refractivity contribution in [1.82, 2.24) is 9.29 Å². The van der Waals surface area contributed by atoms with Gasteiger partial charge in [-0.05, 0) is 12.1 Å². The van der Waals surface area contributed by atoms with Crippen LogP contribution < -0.4 is 10.6 Å². The molecule has 1 aromatic heterocycles. The number of hydrogen-bond acceptors (Lipinski definition) is 5. The first kappa shape index (κ1) is 13.3. The van der Waals surface area contributed by atoms with E-state index < -0.39 is 10.0 Å². The predicted molar refractivity (Wildman–Crippen MR) is 70.8 cm³/mol. The van der Waals surface area contributed by atoms with E-state index in [1.807, 2.05) is 18.2 Å². The zero-order valence-corrected chi connectivity index (χ0v) is 11.2. The van der Waals surface area contributed by atoms with Gasteiger partial charge < -0.3 is 10.6 Å². The van der Waals surface area contributed by atoms with Crippen LogP contribution in [0.15, 0.2) is 18.2 Å². The molecule has 0 atom stereocenters. The first-order valence-electron chi connectivity index (χ1n) is 5.87. The minimum absolute atomic E-state index is 0.414. The van der Waals surface area contributed by atoms with Gasteiger partial charge in [-0.3, -0.25) is 0 Å². The summed E-state index contributed by atoms with van der Waals surface area (Å²) in [6.45, 7) is 2.75. The van der Waals surface area contributed by atoms with Gasteiger partial charge in [0, 0.05) is 32.7 Å². The molecule has 2 N–H and O–H groups in total. The van der Waals surface area contributed by atoms with E-state index in [-0.39, 0.29) is 0 Å². The highest BCUT2D eigenvalue weighted by Gasteiger charge is 2.23. The van der Waals surface area contributed by atoms with Crippen molar-refractivity contribution in [1.29, 1.82) is 0 Å². The largest absolute Gasteiger partial charge is 0.354 e. The lowest BCUT2D eigenvalue weighted by Crippen LogP contribution is -2.48. The summed E-state index contributed by atoms with van der Waals surface area (Å²) in [7, 11) is -3.08. The van der Waals surface area contributed by atoms with Gasteiger partial charge >= 0.3 is 0 Å². The maximum atomic E-state index is 11.4. The van der Waals surface area contributed by atoms with E-state index in [1.54, 1.807) is 0 Å². The van der Waals surface area contributed by atoms with Gasteiger partial charge in [-0.2, -0.15) is 4.31 Å². The normalized spacial score (nSPS) is 18.0. The van der Waals surface area contributed by atoms with Crippen molar-refractivity contribution in [3.05, 3.63) is 23.9 Å². The van der Waals surface area contributed by atoms with Crippen molar-refractivity contribution >= 4 is 15.8 Å². The predicted octanol–water partition coefficient (Wildman–Crippen LogP) is -0.378. The van der Waals surface area contributed by atoms with E-state index in [4.69, 9.17) is 5.73 Å². The highest BCUT2D eigenvalue weighted by molar-refractivity contribution is 7.88. The smallest absolute Gasteiger partial charge is 0.211 e. The first-order valence-corrected chi connectivity index (χ1v) is 7.71. The quantitative estimate of drug-likeness (QED) is 0.810. The topological polar surface area (TPSA) is 79.5 Å². The standard InChI is InChI=1S/C11H18N4O2S/c1-18(16,17)15-7-5-14(6-8-15)11-4-2-3-10(9-12)13-11/h2-4H,5-9,12H2,1H3. The van der Waals surface area contributed by atoms with Crippen molar-refractivity contribution in [3.63, 3.8) is 0 Å². The molecule has 2 rings (SSSR count). The lowest BCUT2D eigenvalue weighted by atomic mass is 10.3. The summed E-state index contributed by atoms with van der Waals surface area (Å²) < 4.78 is 24.3. The number of rotatable bonds is 3. The van der Waals surface area contributed by atoms with Crippen LogP contribution in [0.5, 0.6) is 0 Å². The highest BCUT2D eigenvalue weighted by atomic mass is 32.2. The van der Waals surface area contributed by atoms with E-state index >= 15 is 0 Å². The van der Waals surface area contributed by atoms with Gasteiger partial charge in [0.05, 0.1) is 11.9 Å². The first-order chi connectivity index (χ1) is 8.50. The monoisotopic (exact) mass is 270 g/mol. The summed E-state index contributed by atoms with van der Waals surface area (Å²) in [6, 6.07) is 5.74. The van der Waals surface area contributed by atoms with Gasteiger partial charge in [0.15, 0.2) is 0 Å². The third-order valence-corrected chi connectivity index (χ3v) is 4.34. The van der Waals surface area contributed by atoms with Crippen LogP contribution in [0.4, 0.5) is 5.82 Å². The second-order valence-corrected chi connectivity index (χ2v) is 6.32. The summed E-state index contributed by atoms with van der Waals surface area (Å²) in [4.78, 5) is 6.52. The fourth-order valence-electron chi connectivity index (χ4n) is 2.01. The molecule has 7 heteroatoms. The Morgan fingerprint density at radius 2 is 1.94 bits per heavy atom. The number of nitrogens with two attached hydrogens (primary N) is 1. The Hall–Kier alpha value is -1.18. The maximum Gasteiger partial charge on any atom is 0.211 e. The Labute approximate surface area is 107 Å². The van der Waals surface area contributed by atoms with Crippen LogP contribution in [0.1, 0.15) is 5.69 Å². The molecule has 0 saturated carbocycles. The molecule has 1 fully saturated rings. The summed E-state index contributed by atoms with van der Waals surface area (Å²) in [5.41, 5.74) is 6.40. The van der Waals surface area contributed by atoms with E-state index in [0.29, 0.717) is 32.7 Å². The average Bonchev–Trinajstić information content (AvgIpc) is 2.38. The Bertz CT molecular complexity index is 510. The fraction of sp³-hybridized carbons (Fsp3) is 0.545. The minimum atomic E-state index is -3.08. The molecule has 0 aromatic carbocycles. The van der Waals surface area contributed by atoms with Crippen LogP contribution in [0.25, 0.3) is 0 Å². The van der Waals surface area contributed by atoms with Crippen LogP contribution in [0.3, 0.4) is 0 Å². The van der Waals surface area contributed by atoms with Gasteiger partial charge in [-0.15, -0.1) is 0 Å². The highest BCUT2D eigenvalue weighted by Crippen LogP contribution is 2.15. The third kappa shape index (κ3) is 2.98. The van der Waals surface area contributed by atoms with Crippen molar-refractivity contribution < 1.29 is 8.42 Å². The summed E-state index contributed by atoms with van der Waals surface area (Å²) in [5, 5.41) is 0. The fourth-order valence-corrected chi connectivity index (χ4v) is 2.83. The third-order valence-electron chi connectivity index (χ3n) is 3.03. The summed E-state index contributed by atoms with van der Waals surface area (Å²) in [5.74, 6) is 0.867. The molecule has 1 saturated heterocycles. The number of pyridine rings is 1. The van der Waals surface area contributed by atoms with Crippen LogP contribution in [0.2, 0.25) is 0 Å². The summed E-state index contributed by atoms with van der Waals surface area (Å²) >= 11 is 0. The van der Waals surface area contributed by atoms with E-state index in [2.05, 4.69) is 9.88 Å². The van der Waals surface area contributed by atoms with Gasteiger partial charge in [-0.1, -0.05) is 6.07 Å². The van der Waals surface area contributed by atoms with Crippen molar-refractivity contribution in [3.8, 4) is 0 Å². The Morgan fingerprint density at radius 3 is 2.50 bits per heavy atom. The molecule has 1 aliphatic rings. The molecule has 0 bridgehead atoms. The number of hydrogen-bond donors (Lipinski definition) is 1. The van der Waals surface area contributed by atoms with E-state index in [9.17, 15) is 8.42 Å². The molecule has 6 nitrogen and oxygen atoms in total. The Morgan fingerprint density at radius 1 is 1.28 bits per heavy atom. The maximum absolute atomic E-state index is 11.4. The molecule has 2 heterocycles. The van der Waals surface area contributed by atoms with Gasteiger partial charge in [0.2, 0.25) is 10.0 Å². The number of aromatic nitrogens is 1. The van der Waals surface area contributed by atoms with Gasteiger partial charge in [0.25, 0.3) is 0 Å². The second kappa shape index (κ2) is 5.21. The molecule has 1 aliphatic heterocycles. The number of anilines is 1. The molecule has 18 heavy (non-hydrogen) atoms. The van der Waals surface area contributed by atoms with Crippen LogP contribution >= 0.6 is 0 Å².